The molecule has 4 aliphatic heterocycles. The number of alkyl halides is 1. The van der Waals surface area contributed by atoms with Gasteiger partial charge in [0.25, 0.3) is 6.47 Å². The molecule has 0 unspecified atom stereocenters. The zero-order chi connectivity index (χ0) is 69.5. The molecule has 0 atom stereocenters. The fraction of sp³-hybridized carbons (Fsp3) is 0.438. The van der Waals surface area contributed by atoms with Crippen molar-refractivity contribution in [1.29, 1.82) is 0 Å². The van der Waals surface area contributed by atoms with Crippen LogP contribution in [-0.2, 0) is 34.0 Å². The predicted molar refractivity (Wildman–Crippen MR) is 410 cm³/mol. The first kappa shape index (κ1) is 90.2. The summed E-state index contributed by atoms with van der Waals surface area (Å²) in [6.07, 6.45) is 0. The SMILES string of the molecule is C.CB(O)Nc1ccc(OCCN2CCOCC2)c2ccccc12.CB(O)Nc1ccc(OCCN2CCOCC2)c2ccccc12.Cc1ccc(-n2nc(C(C)(C)C)cc2NC(=O)Nc2ccc(OCCN3CCOCC3)c3ccccc23)cc1.Cl.ClCCN1CCOCC1.O=CO[O-].[K+].[K]. The van der Waals surface area contributed by atoms with Crippen molar-refractivity contribution >= 4 is 157 Å². The van der Waals surface area contributed by atoms with Gasteiger partial charge in [0, 0.05) is 191 Å². The Labute approximate surface area is 699 Å². The Morgan fingerprint density at radius 2 is 0.892 bits per heavy atom. The van der Waals surface area contributed by atoms with Crippen LogP contribution in [0.4, 0.5) is 27.7 Å². The number of nitrogens with zero attached hydrogens (tertiary/aromatic N) is 6. The first-order valence-corrected chi connectivity index (χ1v) is 34.2. The number of morpholine rings is 4. The van der Waals surface area contributed by atoms with E-state index in [1.54, 1.807) is 18.3 Å². The van der Waals surface area contributed by atoms with Crippen LogP contribution in [0.3, 0.4) is 0 Å². The molecular formula is C73H101B2Cl2K2N10O13. The number of hydrogen-bond donors (Lipinski definition) is 6. The Morgan fingerprint density at radius 3 is 1.23 bits per heavy atom. The molecule has 4 fully saturated rings. The summed E-state index contributed by atoms with van der Waals surface area (Å²) in [7, 11) is -1.18. The van der Waals surface area contributed by atoms with Gasteiger partial charge in [0.1, 0.15) is 42.9 Å². The van der Waals surface area contributed by atoms with Crippen LogP contribution >= 0.6 is 24.0 Å². The number of aryl methyl sites for hydroxylation is 1. The monoisotopic (exact) mass is 1500 g/mol. The maximum atomic E-state index is 13.2. The standard InChI is InChI=1S/C31H37N5O3.2C17H23BN2O3.C6H12ClNO.CH2O3.CH4.ClH.2K/c1-22-9-11-23(12-10-22)36-29(21-28(34-36)31(2,3)4)33-30(37)32-26-13-14-27(25-8-6-5-7-24(25)26)39-20-17-35-15-18-38-19-16-35;2*1-18(21)19-16-6-7-17(15-5-3-2-4-14(15)16)23-13-10-20-8-11-22-12-9-20;7-1-2-8-3-5-9-6-4-8;2-1-4-3;;;;/h5-14,21H,15-20H2,1-4H3,(H2,32,33,37);2*2-7,19,21H,8-13H2,1H3;1-6H2;1,3H;1H4;1H;;/q;;;;;;;;+1/p-1. The summed E-state index contributed by atoms with van der Waals surface area (Å²) in [6.45, 7) is 31.6. The number of amides is 2. The fourth-order valence-corrected chi connectivity index (χ4v) is 11.5. The molecule has 8 aromatic rings. The minimum atomic E-state index is -0.591. The minimum Gasteiger partial charge on any atom is -0.662 e. The van der Waals surface area contributed by atoms with E-state index in [0.29, 0.717) is 31.3 Å². The summed E-state index contributed by atoms with van der Waals surface area (Å²) < 4.78 is 41.3. The molecule has 12 rings (SSSR count). The van der Waals surface area contributed by atoms with Crippen molar-refractivity contribution in [3.63, 3.8) is 0 Å². The first-order chi connectivity index (χ1) is 47.6. The van der Waals surface area contributed by atoms with Crippen molar-refractivity contribution in [2.45, 2.75) is 54.2 Å². The van der Waals surface area contributed by atoms with Gasteiger partial charge >= 0.3 is 71.5 Å². The molecule has 2 amide bonds. The summed E-state index contributed by atoms with van der Waals surface area (Å²) >= 11 is 5.55. The van der Waals surface area contributed by atoms with Crippen molar-refractivity contribution in [3.8, 4) is 22.9 Å². The molecule has 0 spiro atoms. The van der Waals surface area contributed by atoms with E-state index in [1.165, 1.54) is 0 Å². The molecule has 0 aliphatic carbocycles. The van der Waals surface area contributed by atoms with Crippen LogP contribution in [0.1, 0.15) is 39.5 Å². The van der Waals surface area contributed by atoms with Crippen molar-refractivity contribution in [2.24, 2.45) is 0 Å². The third kappa shape index (κ3) is 29.9. The summed E-state index contributed by atoms with van der Waals surface area (Å²) in [5, 5.41) is 50.6. The summed E-state index contributed by atoms with van der Waals surface area (Å²) in [6, 6.07) is 45.5. The van der Waals surface area contributed by atoms with Crippen molar-refractivity contribution in [1.82, 2.24) is 29.4 Å². The number of carbonyl (C=O) groups excluding carboxylic acids is 2. The van der Waals surface area contributed by atoms with Gasteiger partial charge in [-0.1, -0.05) is 119 Å². The van der Waals surface area contributed by atoms with Crippen LogP contribution in [0.2, 0.25) is 13.6 Å². The van der Waals surface area contributed by atoms with Crippen LogP contribution in [0.5, 0.6) is 17.2 Å². The number of halogens is 2. The number of ether oxygens (including phenoxy) is 7. The van der Waals surface area contributed by atoms with E-state index in [2.05, 4.69) is 66.3 Å². The Balaban J connectivity index is 0.000000303. The van der Waals surface area contributed by atoms with E-state index in [4.69, 9.17) is 59.9 Å². The van der Waals surface area contributed by atoms with Crippen LogP contribution < -0.4 is 91.9 Å². The number of benzene rings is 7. The van der Waals surface area contributed by atoms with E-state index in [1.807, 2.05) is 146 Å². The third-order valence-electron chi connectivity index (χ3n) is 16.5. The average molecular weight is 1500 g/mol. The molecule has 1 aromatic heterocycles. The average Bonchev–Trinajstić information content (AvgIpc) is 1.17. The Hall–Kier alpha value is -4.19. The van der Waals surface area contributed by atoms with E-state index >= 15 is 0 Å². The number of anilines is 4. The second-order valence-corrected chi connectivity index (χ2v) is 25.2. The molecular weight excluding hydrogens is 1400 g/mol. The van der Waals surface area contributed by atoms with Gasteiger partial charge in [0.15, 0.2) is 0 Å². The van der Waals surface area contributed by atoms with Gasteiger partial charge in [0.2, 0.25) is 0 Å². The van der Waals surface area contributed by atoms with E-state index in [9.17, 15) is 14.8 Å². The summed E-state index contributed by atoms with van der Waals surface area (Å²) in [5.41, 5.74) is 5.30. The smallest absolute Gasteiger partial charge is 0.662 e. The third-order valence-corrected chi connectivity index (χ3v) is 16.6. The largest absolute Gasteiger partial charge is 1.00 e. The van der Waals surface area contributed by atoms with Gasteiger partial charge in [-0.3, -0.25) is 29.7 Å². The molecule has 0 bridgehead atoms. The fourth-order valence-electron chi connectivity index (χ4n) is 11.3. The van der Waals surface area contributed by atoms with Crippen molar-refractivity contribution in [3.05, 3.63) is 151 Å². The number of urea groups is 1. The number of aromatic nitrogens is 2. The zero-order valence-corrected chi connectivity index (χ0v) is 67.7. The molecule has 102 heavy (non-hydrogen) atoms. The van der Waals surface area contributed by atoms with Gasteiger partial charge in [0.05, 0.1) is 69.9 Å². The van der Waals surface area contributed by atoms with Crippen LogP contribution in [0.25, 0.3) is 38.0 Å². The minimum absolute atomic E-state index is 0. The Morgan fingerprint density at radius 1 is 0.559 bits per heavy atom. The molecule has 5 heterocycles. The van der Waals surface area contributed by atoms with Crippen LogP contribution in [0.15, 0.2) is 140 Å². The molecule has 543 valence electrons. The second-order valence-electron chi connectivity index (χ2n) is 24.8. The number of rotatable bonds is 22. The molecule has 4 aliphatic rings. The Kier molecular flexibility index (Phi) is 43.2. The van der Waals surface area contributed by atoms with Crippen molar-refractivity contribution in [2.75, 3.05) is 178 Å². The van der Waals surface area contributed by atoms with Gasteiger partial charge in [-0.15, -0.1) is 24.0 Å². The Bertz CT molecular complexity index is 3580. The molecule has 4 saturated heterocycles. The van der Waals surface area contributed by atoms with E-state index in [0.717, 1.165) is 215 Å². The molecule has 29 heteroatoms. The molecule has 6 N–H and O–H groups in total. The molecule has 7 aromatic carbocycles. The number of carbonyl (C=O) groups is 2. The van der Waals surface area contributed by atoms with Gasteiger partial charge in [-0.25, -0.2) is 9.48 Å². The molecule has 0 saturated carbocycles. The predicted octanol–water partition coefficient (Wildman–Crippen LogP) is 6.81. The first-order valence-electron chi connectivity index (χ1n) is 33.7. The quantitative estimate of drug-likeness (QED) is 0.0134. The summed E-state index contributed by atoms with van der Waals surface area (Å²) in [4.78, 5) is 33.9. The van der Waals surface area contributed by atoms with E-state index in [-0.39, 0.29) is 141 Å². The number of hydrogen-bond acceptors (Lipinski definition) is 20. The molecule has 23 nitrogen and oxygen atoms in total. The van der Waals surface area contributed by atoms with Crippen LogP contribution in [-0.4, -0.2) is 275 Å². The number of fused-ring (bicyclic) bond motifs is 3. The number of nitrogens with one attached hydrogen (secondary N) is 4. The maximum Gasteiger partial charge on any atom is 1.00 e. The maximum absolute atomic E-state index is 13.2. The molecule has 1 radical (unpaired) electrons. The summed E-state index contributed by atoms with van der Waals surface area (Å²) in [5.74, 6) is 3.90. The van der Waals surface area contributed by atoms with Gasteiger partial charge < -0.3 is 69.1 Å². The normalized spacial score (nSPS) is 14.7. The van der Waals surface area contributed by atoms with Crippen LogP contribution in [0, 0.1) is 6.92 Å². The van der Waals surface area contributed by atoms with Gasteiger partial charge in [-0.2, -0.15) is 5.10 Å². The van der Waals surface area contributed by atoms with Gasteiger partial charge in [-0.05, 0) is 69.1 Å². The topological polar surface area (TPSA) is 250 Å². The van der Waals surface area contributed by atoms with E-state index < -0.39 is 14.1 Å². The second kappa shape index (κ2) is 48.9. The zero-order valence-electron chi connectivity index (χ0n) is 59.8. The van der Waals surface area contributed by atoms with Crippen molar-refractivity contribution < 1.29 is 114 Å².